The molecule has 2 N–H and O–H groups in total. The highest BCUT2D eigenvalue weighted by atomic mass is 16.5. The topological polar surface area (TPSA) is 83.8 Å². The maximum absolute atomic E-state index is 13.1. The van der Waals surface area contributed by atoms with Crippen LogP contribution in [0.2, 0.25) is 0 Å². The third-order valence-electron chi connectivity index (χ3n) is 11.0. The van der Waals surface area contributed by atoms with Crippen LogP contribution in [0, 0.1) is 28.6 Å². The number of carbonyl (C=O) groups is 2. The quantitative estimate of drug-likeness (QED) is 0.476. The molecule has 1 unspecified atom stereocenters. The lowest BCUT2D eigenvalue weighted by Crippen LogP contribution is -2.66. The van der Waals surface area contributed by atoms with E-state index in [4.69, 9.17) is 4.74 Å². The van der Waals surface area contributed by atoms with Gasteiger partial charge in [0.1, 0.15) is 6.10 Å². The van der Waals surface area contributed by atoms with Crippen molar-refractivity contribution in [1.29, 1.82) is 0 Å². The molecule has 2 saturated carbocycles. The van der Waals surface area contributed by atoms with Crippen molar-refractivity contribution in [1.82, 2.24) is 0 Å². The Bertz CT molecular complexity index is 1010. The Balaban J connectivity index is 1.50. The highest BCUT2D eigenvalue weighted by Gasteiger charge is 2.73. The first-order valence-electron chi connectivity index (χ1n) is 12.6. The van der Waals surface area contributed by atoms with Crippen LogP contribution in [-0.4, -0.2) is 39.3 Å². The van der Waals surface area contributed by atoms with Crippen LogP contribution >= 0.6 is 0 Å². The van der Waals surface area contributed by atoms with Crippen molar-refractivity contribution in [3.63, 3.8) is 0 Å². The molecule has 0 saturated heterocycles. The standard InChI is InChI=1S/C28H38O5/c1-16-15-22(33-24(30)17(16)2)18(3)27(31)13-14-28(32)21-10-9-19-7-6-8-23(29)26(19,5)20(21)11-12-25(27,28)4/h6,8-9,18,20-22,31-32H,7,10-15H2,1-5H3/t18-,20-,21+,22?,25+,26-,27-,28-/m0/s1. The van der Waals surface area contributed by atoms with Crippen molar-refractivity contribution in [3.8, 4) is 0 Å². The van der Waals surface area contributed by atoms with Gasteiger partial charge in [-0.2, -0.15) is 0 Å². The lowest BCUT2D eigenvalue weighted by atomic mass is 9.45. The number of hydrogen-bond donors (Lipinski definition) is 2. The number of fused-ring (bicyclic) bond motifs is 5. The van der Waals surface area contributed by atoms with Gasteiger partial charge in [-0.15, -0.1) is 0 Å². The number of ether oxygens (including phenoxy) is 1. The zero-order valence-corrected chi connectivity index (χ0v) is 20.6. The molecule has 8 atom stereocenters. The molecule has 1 heterocycles. The molecule has 5 heteroatoms. The van der Waals surface area contributed by atoms with Crippen LogP contribution in [0.4, 0.5) is 0 Å². The highest BCUT2D eigenvalue weighted by molar-refractivity contribution is 5.98. The van der Waals surface area contributed by atoms with E-state index in [9.17, 15) is 19.8 Å². The molecule has 0 bridgehead atoms. The Hall–Kier alpha value is -1.72. The van der Waals surface area contributed by atoms with Gasteiger partial charge < -0.3 is 14.9 Å². The van der Waals surface area contributed by atoms with Crippen molar-refractivity contribution in [2.45, 2.75) is 96.9 Å². The highest BCUT2D eigenvalue weighted by Crippen LogP contribution is 2.69. The second kappa shape index (κ2) is 7.14. The predicted octanol–water partition coefficient (Wildman–Crippen LogP) is 4.43. The molecule has 5 nitrogen and oxygen atoms in total. The van der Waals surface area contributed by atoms with Gasteiger partial charge in [-0.25, -0.2) is 4.79 Å². The van der Waals surface area contributed by atoms with Crippen LogP contribution in [0.25, 0.3) is 0 Å². The van der Waals surface area contributed by atoms with Crippen LogP contribution in [0.1, 0.15) is 79.6 Å². The summed E-state index contributed by atoms with van der Waals surface area (Å²) >= 11 is 0. The average molecular weight is 455 g/mol. The summed E-state index contributed by atoms with van der Waals surface area (Å²) in [6, 6.07) is 0. The summed E-state index contributed by atoms with van der Waals surface area (Å²) in [6.07, 6.45) is 10.1. The first kappa shape index (κ1) is 23.0. The van der Waals surface area contributed by atoms with Crippen LogP contribution in [0.3, 0.4) is 0 Å². The number of esters is 1. The number of rotatable bonds is 2. The van der Waals surface area contributed by atoms with Crippen molar-refractivity contribution >= 4 is 11.8 Å². The maximum Gasteiger partial charge on any atom is 0.333 e. The van der Waals surface area contributed by atoms with Crippen molar-refractivity contribution in [3.05, 3.63) is 34.9 Å². The van der Waals surface area contributed by atoms with Gasteiger partial charge in [0.2, 0.25) is 0 Å². The number of carbonyl (C=O) groups excluding carboxylic acids is 2. The Morgan fingerprint density at radius 3 is 2.52 bits per heavy atom. The van der Waals surface area contributed by atoms with E-state index in [1.807, 2.05) is 26.8 Å². The van der Waals surface area contributed by atoms with E-state index in [1.165, 1.54) is 5.57 Å². The lowest BCUT2D eigenvalue weighted by Gasteiger charge is -2.62. The van der Waals surface area contributed by atoms with Crippen molar-refractivity contribution in [2.24, 2.45) is 28.6 Å². The van der Waals surface area contributed by atoms with Gasteiger partial charge in [0.15, 0.2) is 5.78 Å². The SMILES string of the molecule is CC1=C(C)C(=O)OC([C@H](C)[C@@]2(O)CC[C@]3(O)[C@@H]4CC=C5CC=CC(=O)[C@]5(C)[C@H]4CC[C@@]32C)C1. The molecule has 33 heavy (non-hydrogen) atoms. The fraction of sp³-hybridized carbons (Fsp3) is 0.714. The molecular formula is C28H38O5. The second-order valence-electron chi connectivity index (χ2n) is 11.9. The number of aliphatic hydroxyl groups is 2. The molecule has 0 radical (unpaired) electrons. The number of cyclic esters (lactones) is 1. The molecule has 5 rings (SSSR count). The lowest BCUT2D eigenvalue weighted by molar-refractivity contribution is -0.233. The largest absolute Gasteiger partial charge is 0.458 e. The molecular weight excluding hydrogens is 416 g/mol. The van der Waals surface area contributed by atoms with Crippen LogP contribution in [-0.2, 0) is 14.3 Å². The summed E-state index contributed by atoms with van der Waals surface area (Å²) < 4.78 is 5.77. The molecule has 0 aromatic rings. The number of hydrogen-bond acceptors (Lipinski definition) is 5. The minimum Gasteiger partial charge on any atom is -0.458 e. The third-order valence-corrected chi connectivity index (χ3v) is 11.0. The van der Waals surface area contributed by atoms with E-state index in [-0.39, 0.29) is 29.5 Å². The van der Waals surface area contributed by atoms with Gasteiger partial charge >= 0.3 is 5.97 Å². The van der Waals surface area contributed by atoms with Crippen molar-refractivity contribution in [2.75, 3.05) is 0 Å². The summed E-state index contributed by atoms with van der Waals surface area (Å²) in [5.74, 6) is -0.451. The smallest absolute Gasteiger partial charge is 0.333 e. The summed E-state index contributed by atoms with van der Waals surface area (Å²) in [5.41, 5.74) is -0.641. The second-order valence-corrected chi connectivity index (χ2v) is 11.9. The summed E-state index contributed by atoms with van der Waals surface area (Å²) in [6.45, 7) is 9.83. The molecule has 0 amide bonds. The Kier molecular flexibility index (Phi) is 4.99. The van der Waals surface area contributed by atoms with E-state index in [0.717, 1.165) is 24.8 Å². The minimum atomic E-state index is -1.15. The van der Waals surface area contributed by atoms with E-state index in [1.54, 1.807) is 13.0 Å². The van der Waals surface area contributed by atoms with E-state index >= 15 is 0 Å². The summed E-state index contributed by atoms with van der Waals surface area (Å²) in [7, 11) is 0. The minimum absolute atomic E-state index is 0.0699. The van der Waals surface area contributed by atoms with E-state index in [2.05, 4.69) is 13.0 Å². The molecule has 2 fully saturated rings. The summed E-state index contributed by atoms with van der Waals surface area (Å²) in [4.78, 5) is 25.5. The number of allylic oxidation sites excluding steroid dienone is 4. The maximum atomic E-state index is 13.1. The average Bonchev–Trinajstić information content (AvgIpc) is 3.00. The fourth-order valence-corrected chi connectivity index (χ4v) is 8.40. The van der Waals surface area contributed by atoms with Gasteiger partial charge in [-0.3, -0.25) is 4.79 Å². The molecule has 5 aliphatic rings. The number of ketones is 1. The van der Waals surface area contributed by atoms with Crippen LogP contribution < -0.4 is 0 Å². The van der Waals surface area contributed by atoms with Crippen LogP contribution in [0.15, 0.2) is 34.9 Å². The zero-order valence-electron chi connectivity index (χ0n) is 20.6. The summed E-state index contributed by atoms with van der Waals surface area (Å²) in [5, 5.41) is 24.6. The van der Waals surface area contributed by atoms with Gasteiger partial charge in [0.25, 0.3) is 0 Å². The van der Waals surface area contributed by atoms with E-state index in [0.29, 0.717) is 31.3 Å². The molecule has 4 aliphatic carbocycles. The molecule has 0 aromatic carbocycles. The molecule has 1 aliphatic heterocycles. The monoisotopic (exact) mass is 454 g/mol. The molecule has 0 spiro atoms. The normalized spacial score (nSPS) is 48.0. The Morgan fingerprint density at radius 2 is 1.82 bits per heavy atom. The first-order chi connectivity index (χ1) is 15.4. The van der Waals surface area contributed by atoms with Crippen molar-refractivity contribution < 1.29 is 24.5 Å². The Morgan fingerprint density at radius 1 is 1.09 bits per heavy atom. The predicted molar refractivity (Wildman–Crippen MR) is 125 cm³/mol. The zero-order chi connectivity index (χ0) is 24.0. The van der Waals surface area contributed by atoms with Gasteiger partial charge in [0.05, 0.1) is 16.6 Å². The van der Waals surface area contributed by atoms with E-state index < -0.39 is 28.1 Å². The molecule has 180 valence electrons. The van der Waals surface area contributed by atoms with Gasteiger partial charge in [-0.1, -0.05) is 37.1 Å². The fourth-order valence-electron chi connectivity index (χ4n) is 8.40. The third kappa shape index (κ3) is 2.72. The van der Waals surface area contributed by atoms with Gasteiger partial charge in [-0.05, 0) is 77.2 Å². The molecule has 0 aromatic heterocycles. The van der Waals surface area contributed by atoms with Gasteiger partial charge in [0, 0.05) is 23.3 Å². The Labute approximate surface area is 197 Å². The van der Waals surface area contributed by atoms with Crippen LogP contribution in [0.5, 0.6) is 0 Å². The first-order valence-corrected chi connectivity index (χ1v) is 12.6.